The van der Waals surface area contributed by atoms with E-state index in [0.29, 0.717) is 17.0 Å². The zero-order valence-corrected chi connectivity index (χ0v) is 15.4. The van der Waals surface area contributed by atoms with Gasteiger partial charge in [0.1, 0.15) is 5.39 Å². The van der Waals surface area contributed by atoms with E-state index in [0.717, 1.165) is 26.2 Å². The number of nitrogens with one attached hydrogen (secondary N) is 1. The summed E-state index contributed by atoms with van der Waals surface area (Å²) in [5.41, 5.74) is 1.51. The van der Waals surface area contributed by atoms with Gasteiger partial charge in [-0.05, 0) is 32.9 Å². The first kappa shape index (κ1) is 16.6. The highest BCUT2D eigenvalue weighted by Crippen LogP contribution is 2.21. The van der Waals surface area contributed by atoms with Crippen LogP contribution in [-0.2, 0) is 5.54 Å². The third-order valence-corrected chi connectivity index (χ3v) is 4.76. The lowest BCUT2D eigenvalue weighted by Crippen LogP contribution is -2.47. The molecule has 1 aromatic carbocycles. The van der Waals surface area contributed by atoms with Crippen molar-refractivity contribution < 1.29 is 0 Å². The van der Waals surface area contributed by atoms with E-state index in [4.69, 9.17) is 4.98 Å². The maximum atomic E-state index is 12.5. The van der Waals surface area contributed by atoms with E-state index in [9.17, 15) is 4.79 Å². The highest BCUT2D eigenvalue weighted by atomic mass is 16.1. The van der Waals surface area contributed by atoms with Crippen molar-refractivity contribution in [3.05, 3.63) is 46.9 Å². The first-order valence-corrected chi connectivity index (χ1v) is 8.97. The van der Waals surface area contributed by atoms with Crippen LogP contribution in [0.1, 0.15) is 20.8 Å². The standard InChI is InChI=1S/C19H24N6O/c1-19(2,3)25-16-15(13-20-25)17(26)22-18(21-16)24-11-9-23(10-12-24)14-7-5-4-6-8-14/h4-8,13H,9-12H2,1-3H3,(H,21,22,26). The summed E-state index contributed by atoms with van der Waals surface area (Å²) >= 11 is 0. The van der Waals surface area contributed by atoms with Gasteiger partial charge in [0.2, 0.25) is 5.95 Å². The number of H-pyrrole nitrogens is 1. The van der Waals surface area contributed by atoms with E-state index in [1.54, 1.807) is 6.20 Å². The molecule has 1 fully saturated rings. The molecule has 0 unspecified atom stereocenters. The third kappa shape index (κ3) is 2.94. The molecule has 7 nitrogen and oxygen atoms in total. The summed E-state index contributed by atoms with van der Waals surface area (Å²) < 4.78 is 1.82. The number of rotatable bonds is 2. The maximum absolute atomic E-state index is 12.5. The Bertz CT molecular complexity index is 961. The molecule has 0 atom stereocenters. The van der Waals surface area contributed by atoms with Crippen LogP contribution < -0.4 is 15.4 Å². The normalized spacial score (nSPS) is 15.7. The molecule has 0 radical (unpaired) electrons. The first-order valence-electron chi connectivity index (χ1n) is 8.97. The predicted octanol–water partition coefficient (Wildman–Crippen LogP) is 2.20. The zero-order chi connectivity index (χ0) is 18.3. The van der Waals surface area contributed by atoms with Gasteiger partial charge in [0.25, 0.3) is 5.56 Å². The highest BCUT2D eigenvalue weighted by Gasteiger charge is 2.23. The van der Waals surface area contributed by atoms with Crippen molar-refractivity contribution in [2.75, 3.05) is 36.0 Å². The fraction of sp³-hybridized carbons (Fsp3) is 0.421. The van der Waals surface area contributed by atoms with Gasteiger partial charge in [-0.3, -0.25) is 9.78 Å². The summed E-state index contributed by atoms with van der Waals surface area (Å²) in [5, 5.41) is 4.91. The molecule has 2 aromatic heterocycles. The van der Waals surface area contributed by atoms with Crippen molar-refractivity contribution in [1.82, 2.24) is 19.7 Å². The van der Waals surface area contributed by atoms with Gasteiger partial charge in [-0.2, -0.15) is 10.1 Å². The fourth-order valence-corrected chi connectivity index (χ4v) is 3.36. The summed E-state index contributed by atoms with van der Waals surface area (Å²) in [5.74, 6) is 0.626. The molecule has 3 heterocycles. The molecule has 3 aromatic rings. The summed E-state index contributed by atoms with van der Waals surface area (Å²) in [4.78, 5) is 24.6. The molecule has 136 valence electrons. The Balaban J connectivity index is 1.61. The Kier molecular flexibility index (Phi) is 3.94. The van der Waals surface area contributed by atoms with E-state index in [-0.39, 0.29) is 11.1 Å². The van der Waals surface area contributed by atoms with Crippen molar-refractivity contribution in [2.45, 2.75) is 26.3 Å². The monoisotopic (exact) mass is 352 g/mol. The van der Waals surface area contributed by atoms with E-state index in [1.165, 1.54) is 5.69 Å². The van der Waals surface area contributed by atoms with E-state index < -0.39 is 0 Å². The molecule has 1 saturated heterocycles. The lowest BCUT2D eigenvalue weighted by molar-refractivity contribution is 0.366. The van der Waals surface area contributed by atoms with Crippen molar-refractivity contribution in [3.63, 3.8) is 0 Å². The minimum Gasteiger partial charge on any atom is -0.368 e. The minimum atomic E-state index is -0.230. The Morgan fingerprint density at radius 3 is 2.31 bits per heavy atom. The van der Waals surface area contributed by atoms with Gasteiger partial charge in [0.15, 0.2) is 5.65 Å². The second kappa shape index (κ2) is 6.16. The highest BCUT2D eigenvalue weighted by molar-refractivity contribution is 5.74. The predicted molar refractivity (Wildman–Crippen MR) is 104 cm³/mol. The third-order valence-electron chi connectivity index (χ3n) is 4.76. The second-order valence-corrected chi connectivity index (χ2v) is 7.66. The van der Waals surface area contributed by atoms with Gasteiger partial charge >= 0.3 is 0 Å². The maximum Gasteiger partial charge on any atom is 0.263 e. The van der Waals surface area contributed by atoms with Crippen LogP contribution in [0.2, 0.25) is 0 Å². The number of piperazine rings is 1. The first-order chi connectivity index (χ1) is 12.4. The van der Waals surface area contributed by atoms with Crippen LogP contribution in [0, 0.1) is 0 Å². The largest absolute Gasteiger partial charge is 0.368 e. The van der Waals surface area contributed by atoms with Crippen molar-refractivity contribution in [2.24, 2.45) is 0 Å². The Labute approximate surface area is 152 Å². The molecule has 0 spiro atoms. The Morgan fingerprint density at radius 1 is 1.00 bits per heavy atom. The van der Waals surface area contributed by atoms with Gasteiger partial charge in [0.05, 0.1) is 11.7 Å². The molecule has 1 aliphatic heterocycles. The van der Waals surface area contributed by atoms with Crippen molar-refractivity contribution in [1.29, 1.82) is 0 Å². The smallest absolute Gasteiger partial charge is 0.263 e. The molecular weight excluding hydrogens is 328 g/mol. The van der Waals surface area contributed by atoms with E-state index in [1.807, 2.05) is 10.7 Å². The number of hydrogen-bond donors (Lipinski definition) is 1. The number of aromatic nitrogens is 4. The van der Waals surface area contributed by atoms with Crippen LogP contribution in [-0.4, -0.2) is 45.9 Å². The summed E-state index contributed by atoms with van der Waals surface area (Å²) in [6.45, 7) is 9.58. The number of anilines is 2. The van der Waals surface area contributed by atoms with E-state index in [2.05, 4.69) is 64.9 Å². The fourth-order valence-electron chi connectivity index (χ4n) is 3.36. The summed E-state index contributed by atoms with van der Waals surface area (Å²) in [6, 6.07) is 10.4. The molecule has 0 saturated carbocycles. The molecule has 0 aliphatic carbocycles. The molecular formula is C19H24N6O. The Morgan fingerprint density at radius 2 is 1.65 bits per heavy atom. The SMILES string of the molecule is CC(C)(C)n1ncc2c(=O)[nH]c(N3CCN(c4ccccc4)CC3)nc21. The molecule has 0 bridgehead atoms. The molecule has 7 heteroatoms. The van der Waals surface area contributed by atoms with Gasteiger partial charge in [-0.15, -0.1) is 0 Å². The van der Waals surface area contributed by atoms with Gasteiger partial charge in [-0.1, -0.05) is 18.2 Å². The minimum absolute atomic E-state index is 0.133. The zero-order valence-electron chi connectivity index (χ0n) is 15.4. The van der Waals surface area contributed by atoms with Gasteiger partial charge < -0.3 is 9.80 Å². The number of nitrogens with zero attached hydrogens (tertiary/aromatic N) is 5. The molecule has 1 N–H and O–H groups in total. The van der Waals surface area contributed by atoms with Gasteiger partial charge in [-0.25, -0.2) is 4.68 Å². The molecule has 4 rings (SSSR count). The number of aromatic amines is 1. The van der Waals surface area contributed by atoms with Crippen LogP contribution in [0.15, 0.2) is 41.3 Å². The number of para-hydroxylation sites is 1. The quantitative estimate of drug-likeness (QED) is 0.766. The van der Waals surface area contributed by atoms with Crippen molar-refractivity contribution >= 4 is 22.7 Å². The number of benzene rings is 1. The van der Waals surface area contributed by atoms with Gasteiger partial charge in [0, 0.05) is 31.9 Å². The van der Waals surface area contributed by atoms with Crippen LogP contribution in [0.25, 0.3) is 11.0 Å². The lowest BCUT2D eigenvalue weighted by atomic mass is 10.1. The molecule has 1 aliphatic rings. The molecule has 0 amide bonds. The van der Waals surface area contributed by atoms with Crippen LogP contribution >= 0.6 is 0 Å². The number of hydrogen-bond acceptors (Lipinski definition) is 5. The lowest BCUT2D eigenvalue weighted by Gasteiger charge is -2.36. The topological polar surface area (TPSA) is 70.1 Å². The van der Waals surface area contributed by atoms with Crippen LogP contribution in [0.4, 0.5) is 11.6 Å². The van der Waals surface area contributed by atoms with Crippen molar-refractivity contribution in [3.8, 4) is 0 Å². The van der Waals surface area contributed by atoms with E-state index >= 15 is 0 Å². The van der Waals surface area contributed by atoms with Crippen LogP contribution in [0.3, 0.4) is 0 Å². The summed E-state index contributed by atoms with van der Waals surface area (Å²) in [7, 11) is 0. The second-order valence-electron chi connectivity index (χ2n) is 7.66. The summed E-state index contributed by atoms with van der Waals surface area (Å²) in [6.07, 6.45) is 1.60. The average Bonchev–Trinajstić information content (AvgIpc) is 3.08. The van der Waals surface area contributed by atoms with Crippen LogP contribution in [0.5, 0.6) is 0 Å². The Hall–Kier alpha value is -2.83. The number of fused-ring (bicyclic) bond motifs is 1. The average molecular weight is 352 g/mol. The molecule has 26 heavy (non-hydrogen) atoms.